The molecule has 0 aliphatic heterocycles. The van der Waals surface area contributed by atoms with Gasteiger partial charge in [0.25, 0.3) is 0 Å². The number of aryl methyl sites for hydroxylation is 1. The van der Waals surface area contributed by atoms with Gasteiger partial charge in [-0.05, 0) is 37.6 Å². The molecule has 1 N–H and O–H groups in total. The molecule has 84 valence electrons. The average Bonchev–Trinajstić information content (AvgIpc) is 2.22. The van der Waals surface area contributed by atoms with Crippen LogP contribution in [0.15, 0.2) is 18.2 Å². The second-order valence-corrected chi connectivity index (χ2v) is 3.30. The van der Waals surface area contributed by atoms with Gasteiger partial charge in [0.05, 0.1) is 12.7 Å². The molecule has 1 aromatic carbocycles. The summed E-state index contributed by atoms with van der Waals surface area (Å²) in [4.78, 5) is 11.2. The molecule has 0 bridgehead atoms. The second kappa shape index (κ2) is 5.76. The number of ether oxygens (including phenoxy) is 1. The molecule has 0 atom stereocenters. The highest BCUT2D eigenvalue weighted by Crippen LogP contribution is 2.21. The fraction of sp³-hybridized carbons (Fsp3) is 0.333. The molecule has 0 radical (unpaired) electrons. The van der Waals surface area contributed by atoms with Crippen molar-refractivity contribution in [1.82, 2.24) is 0 Å². The van der Waals surface area contributed by atoms with E-state index in [9.17, 15) is 4.79 Å². The fourth-order valence-corrected chi connectivity index (χ4v) is 1.32. The van der Waals surface area contributed by atoms with Crippen molar-refractivity contribution in [2.45, 2.75) is 20.3 Å². The van der Waals surface area contributed by atoms with E-state index in [2.05, 4.69) is 5.32 Å². The fourth-order valence-electron chi connectivity index (χ4n) is 1.32. The lowest BCUT2D eigenvalue weighted by atomic mass is 10.2. The maximum atomic E-state index is 11.2. The molecule has 0 aliphatic rings. The van der Waals surface area contributed by atoms with Gasteiger partial charge in [0, 0.05) is 5.69 Å². The molecule has 16 heavy (non-hydrogen) atoms. The molecule has 0 spiro atoms. The van der Waals surface area contributed by atoms with Crippen LogP contribution in [0.2, 0.25) is 0 Å². The second-order valence-electron chi connectivity index (χ2n) is 3.30. The van der Waals surface area contributed by atoms with E-state index < -0.39 is 0 Å². The Morgan fingerprint density at radius 3 is 2.88 bits per heavy atom. The summed E-state index contributed by atoms with van der Waals surface area (Å²) in [5.41, 5.74) is 1.64. The van der Waals surface area contributed by atoms with Gasteiger partial charge in [-0.2, -0.15) is 5.26 Å². The molecule has 0 heterocycles. The number of benzene rings is 1. The predicted molar refractivity (Wildman–Crippen MR) is 61.2 cm³/mol. The summed E-state index contributed by atoms with van der Waals surface area (Å²) in [6.45, 7) is 4.44. The summed E-state index contributed by atoms with van der Waals surface area (Å²) in [6.07, 6.45) is -0.133. The third-order valence-corrected chi connectivity index (χ3v) is 2.00. The topological polar surface area (TPSA) is 62.1 Å². The number of carbonyl (C=O) groups excluding carboxylic acids is 1. The summed E-state index contributed by atoms with van der Waals surface area (Å²) < 4.78 is 5.38. The molecule has 0 fully saturated rings. The largest absolute Gasteiger partial charge is 0.494 e. The lowest BCUT2D eigenvalue weighted by molar-refractivity contribution is -0.115. The summed E-state index contributed by atoms with van der Waals surface area (Å²) >= 11 is 0. The van der Waals surface area contributed by atoms with Gasteiger partial charge in [-0.3, -0.25) is 4.79 Å². The average molecular weight is 218 g/mol. The molecular weight excluding hydrogens is 204 g/mol. The van der Waals surface area contributed by atoms with Crippen molar-refractivity contribution in [2.75, 3.05) is 11.9 Å². The van der Waals surface area contributed by atoms with E-state index in [4.69, 9.17) is 10.00 Å². The third kappa shape index (κ3) is 3.28. The summed E-state index contributed by atoms with van der Waals surface area (Å²) in [5, 5.41) is 11.0. The molecule has 1 rings (SSSR count). The van der Waals surface area contributed by atoms with Crippen molar-refractivity contribution >= 4 is 11.6 Å². The monoisotopic (exact) mass is 218 g/mol. The predicted octanol–water partition coefficient (Wildman–Crippen LogP) is 2.25. The van der Waals surface area contributed by atoms with Gasteiger partial charge < -0.3 is 10.1 Å². The first kappa shape index (κ1) is 12.1. The van der Waals surface area contributed by atoms with E-state index in [0.29, 0.717) is 12.3 Å². The van der Waals surface area contributed by atoms with Crippen LogP contribution in [0.5, 0.6) is 5.75 Å². The van der Waals surface area contributed by atoms with Crippen LogP contribution in [-0.2, 0) is 4.79 Å². The number of amides is 1. The Kier molecular flexibility index (Phi) is 4.34. The Bertz CT molecular complexity index is 422. The normalized spacial score (nSPS) is 9.31. The van der Waals surface area contributed by atoms with E-state index >= 15 is 0 Å². The summed E-state index contributed by atoms with van der Waals surface area (Å²) in [5.74, 6) is 0.506. The van der Waals surface area contributed by atoms with E-state index in [1.165, 1.54) is 0 Å². The lowest BCUT2D eigenvalue weighted by Crippen LogP contribution is -2.10. The smallest absolute Gasteiger partial charge is 0.238 e. The molecule has 0 aromatic heterocycles. The van der Waals surface area contributed by atoms with Gasteiger partial charge in [0.15, 0.2) is 0 Å². The molecule has 4 heteroatoms. The number of hydrogen-bond acceptors (Lipinski definition) is 3. The molecule has 4 nitrogen and oxygen atoms in total. The van der Waals surface area contributed by atoms with Crippen molar-refractivity contribution in [1.29, 1.82) is 5.26 Å². The zero-order chi connectivity index (χ0) is 12.0. The minimum Gasteiger partial charge on any atom is -0.494 e. The van der Waals surface area contributed by atoms with Gasteiger partial charge in [-0.1, -0.05) is 0 Å². The Morgan fingerprint density at radius 2 is 2.31 bits per heavy atom. The quantitative estimate of drug-likeness (QED) is 0.843. The Hall–Kier alpha value is -2.02. The van der Waals surface area contributed by atoms with Crippen LogP contribution in [0, 0.1) is 18.3 Å². The van der Waals surface area contributed by atoms with Crippen molar-refractivity contribution in [2.24, 2.45) is 0 Å². The van der Waals surface area contributed by atoms with Crippen LogP contribution in [0.3, 0.4) is 0 Å². The van der Waals surface area contributed by atoms with Gasteiger partial charge in [-0.25, -0.2) is 0 Å². The summed E-state index contributed by atoms with van der Waals surface area (Å²) in [6, 6.07) is 7.18. The maximum absolute atomic E-state index is 11.2. The van der Waals surface area contributed by atoms with E-state index in [1.807, 2.05) is 19.9 Å². The van der Waals surface area contributed by atoms with Gasteiger partial charge in [0.1, 0.15) is 12.2 Å². The number of nitrogens with one attached hydrogen (secondary N) is 1. The highest BCUT2D eigenvalue weighted by molar-refractivity contribution is 5.92. The highest BCUT2D eigenvalue weighted by Gasteiger charge is 2.04. The standard InChI is InChI=1S/C12H14N2O2/c1-3-16-11-5-4-10(8-9(11)2)14-12(15)6-7-13/h4-5,8H,3,6H2,1-2H3,(H,14,15). The zero-order valence-corrected chi connectivity index (χ0v) is 9.41. The van der Waals surface area contributed by atoms with Crippen LogP contribution >= 0.6 is 0 Å². The van der Waals surface area contributed by atoms with Gasteiger partial charge in [0.2, 0.25) is 5.91 Å². The molecule has 1 amide bonds. The number of anilines is 1. The van der Waals surface area contributed by atoms with E-state index in [0.717, 1.165) is 11.3 Å². The van der Waals surface area contributed by atoms with E-state index in [-0.39, 0.29) is 12.3 Å². The number of nitrogens with zero attached hydrogens (tertiary/aromatic N) is 1. The van der Waals surface area contributed by atoms with Crippen molar-refractivity contribution < 1.29 is 9.53 Å². The van der Waals surface area contributed by atoms with Crippen LogP contribution in [0.25, 0.3) is 0 Å². The number of hydrogen-bond donors (Lipinski definition) is 1. The van der Waals surface area contributed by atoms with Crippen LogP contribution in [0.4, 0.5) is 5.69 Å². The Balaban J connectivity index is 2.74. The SMILES string of the molecule is CCOc1ccc(NC(=O)CC#N)cc1C. The number of carbonyl (C=O) groups is 1. The molecule has 0 unspecified atom stereocenters. The minimum atomic E-state index is -0.300. The molecule has 0 saturated carbocycles. The molecule has 0 saturated heterocycles. The molecule has 1 aromatic rings. The maximum Gasteiger partial charge on any atom is 0.238 e. The zero-order valence-electron chi connectivity index (χ0n) is 9.41. The van der Waals surface area contributed by atoms with E-state index in [1.54, 1.807) is 18.2 Å². The molecule has 0 aliphatic carbocycles. The minimum absolute atomic E-state index is 0.133. The lowest BCUT2D eigenvalue weighted by Gasteiger charge is -2.09. The summed E-state index contributed by atoms with van der Waals surface area (Å²) in [7, 11) is 0. The number of rotatable bonds is 4. The Morgan fingerprint density at radius 1 is 1.56 bits per heavy atom. The third-order valence-electron chi connectivity index (χ3n) is 2.00. The van der Waals surface area contributed by atoms with Crippen molar-refractivity contribution in [3.8, 4) is 11.8 Å². The number of nitriles is 1. The van der Waals surface area contributed by atoms with Crippen molar-refractivity contribution in [3.05, 3.63) is 23.8 Å². The van der Waals surface area contributed by atoms with Crippen LogP contribution in [-0.4, -0.2) is 12.5 Å². The van der Waals surface area contributed by atoms with Crippen LogP contribution in [0.1, 0.15) is 18.9 Å². The first-order valence-electron chi connectivity index (χ1n) is 5.07. The van der Waals surface area contributed by atoms with Gasteiger partial charge >= 0.3 is 0 Å². The van der Waals surface area contributed by atoms with Crippen molar-refractivity contribution in [3.63, 3.8) is 0 Å². The highest BCUT2D eigenvalue weighted by atomic mass is 16.5. The Labute approximate surface area is 94.8 Å². The molecular formula is C12H14N2O2. The van der Waals surface area contributed by atoms with Gasteiger partial charge in [-0.15, -0.1) is 0 Å². The first-order chi connectivity index (χ1) is 7.67. The van der Waals surface area contributed by atoms with Crippen LogP contribution < -0.4 is 10.1 Å². The first-order valence-corrected chi connectivity index (χ1v) is 5.07.